The monoisotopic (exact) mass is 391 g/mol. The Kier molecular flexibility index (Phi) is 5.85. The second-order valence-corrected chi connectivity index (χ2v) is 7.65. The zero-order valence-electron chi connectivity index (χ0n) is 15.5. The SMILES string of the molecule is Fc1ccccc1N1CCN(Cn2nc(CN3CCCCC3)oc2=S)CC1. The molecule has 27 heavy (non-hydrogen) atoms. The lowest BCUT2D eigenvalue weighted by atomic mass is 10.1. The number of aromatic nitrogens is 2. The van der Waals surface area contributed by atoms with Crippen LogP contribution in [0, 0.1) is 10.7 Å². The first-order valence-electron chi connectivity index (χ1n) is 9.70. The summed E-state index contributed by atoms with van der Waals surface area (Å²) < 4.78 is 21.4. The van der Waals surface area contributed by atoms with Crippen LogP contribution in [0.1, 0.15) is 25.2 Å². The third-order valence-corrected chi connectivity index (χ3v) is 5.65. The highest BCUT2D eigenvalue weighted by Gasteiger charge is 2.21. The fourth-order valence-corrected chi connectivity index (χ4v) is 4.03. The third kappa shape index (κ3) is 4.56. The molecule has 0 radical (unpaired) electrons. The first-order valence-corrected chi connectivity index (χ1v) is 10.1. The van der Waals surface area contributed by atoms with Crippen molar-refractivity contribution >= 4 is 17.9 Å². The molecule has 0 spiro atoms. The van der Waals surface area contributed by atoms with Gasteiger partial charge in [-0.15, -0.1) is 5.10 Å². The summed E-state index contributed by atoms with van der Waals surface area (Å²) in [6, 6.07) is 6.96. The number of hydrogen-bond acceptors (Lipinski definition) is 6. The van der Waals surface area contributed by atoms with E-state index in [1.165, 1.54) is 25.3 Å². The molecule has 0 atom stereocenters. The van der Waals surface area contributed by atoms with Gasteiger partial charge in [-0.25, -0.2) is 9.07 Å². The largest absolute Gasteiger partial charge is 0.412 e. The topological polar surface area (TPSA) is 40.7 Å². The molecule has 1 aromatic carbocycles. The summed E-state index contributed by atoms with van der Waals surface area (Å²) in [4.78, 5) is 7.18. The van der Waals surface area contributed by atoms with Crippen LogP contribution in [0.25, 0.3) is 0 Å². The van der Waals surface area contributed by atoms with Crippen molar-refractivity contribution in [2.75, 3.05) is 44.2 Å². The molecule has 3 heterocycles. The fraction of sp³-hybridized carbons (Fsp3) is 0.579. The van der Waals surface area contributed by atoms with Gasteiger partial charge in [0.15, 0.2) is 0 Å². The second-order valence-electron chi connectivity index (χ2n) is 7.30. The van der Waals surface area contributed by atoms with E-state index in [2.05, 4.69) is 19.8 Å². The molecule has 4 rings (SSSR count). The van der Waals surface area contributed by atoms with Gasteiger partial charge in [-0.3, -0.25) is 9.80 Å². The van der Waals surface area contributed by atoms with E-state index in [4.69, 9.17) is 16.6 Å². The fourth-order valence-electron chi connectivity index (χ4n) is 3.84. The van der Waals surface area contributed by atoms with Crippen LogP contribution in [0.15, 0.2) is 28.7 Å². The van der Waals surface area contributed by atoms with Crippen molar-refractivity contribution < 1.29 is 8.81 Å². The molecular formula is C19H26FN5OS. The Balaban J connectivity index is 1.32. The minimum Gasteiger partial charge on any atom is -0.412 e. The molecule has 2 aromatic rings. The molecule has 2 fully saturated rings. The van der Waals surface area contributed by atoms with E-state index in [1.54, 1.807) is 10.7 Å². The molecule has 0 saturated carbocycles. The molecule has 0 N–H and O–H groups in total. The predicted octanol–water partition coefficient (Wildman–Crippen LogP) is 3.11. The van der Waals surface area contributed by atoms with Crippen LogP contribution in [0.5, 0.6) is 0 Å². The van der Waals surface area contributed by atoms with Crippen molar-refractivity contribution in [3.8, 4) is 0 Å². The van der Waals surface area contributed by atoms with Gasteiger partial charge in [-0.2, -0.15) is 0 Å². The molecule has 8 heteroatoms. The summed E-state index contributed by atoms with van der Waals surface area (Å²) in [6.07, 6.45) is 3.80. The van der Waals surface area contributed by atoms with E-state index < -0.39 is 0 Å². The van der Waals surface area contributed by atoms with Gasteiger partial charge in [0.25, 0.3) is 4.84 Å². The lowest BCUT2D eigenvalue weighted by Crippen LogP contribution is -2.47. The molecule has 0 aliphatic carbocycles. The number of hydrogen-bond donors (Lipinski definition) is 0. The van der Waals surface area contributed by atoms with Crippen LogP contribution in [-0.4, -0.2) is 58.8 Å². The molecule has 2 saturated heterocycles. The first kappa shape index (κ1) is 18.6. The summed E-state index contributed by atoms with van der Waals surface area (Å²) in [7, 11) is 0. The summed E-state index contributed by atoms with van der Waals surface area (Å²) in [5, 5.41) is 4.58. The highest BCUT2D eigenvalue weighted by molar-refractivity contribution is 7.71. The highest BCUT2D eigenvalue weighted by Crippen LogP contribution is 2.20. The van der Waals surface area contributed by atoms with Crippen LogP contribution < -0.4 is 4.90 Å². The van der Waals surface area contributed by atoms with E-state index in [1.807, 2.05) is 12.1 Å². The number of anilines is 1. The minimum absolute atomic E-state index is 0.160. The van der Waals surface area contributed by atoms with Gasteiger partial charge < -0.3 is 9.32 Å². The number of para-hydroxylation sites is 1. The smallest absolute Gasteiger partial charge is 0.288 e. The Bertz CT molecular complexity index is 808. The average Bonchev–Trinajstić information content (AvgIpc) is 3.02. The molecule has 1 aromatic heterocycles. The maximum Gasteiger partial charge on any atom is 0.288 e. The summed E-state index contributed by atoms with van der Waals surface area (Å²) in [6.45, 7) is 6.81. The maximum absolute atomic E-state index is 14.0. The molecule has 2 aliphatic heterocycles. The summed E-state index contributed by atoms with van der Waals surface area (Å²) >= 11 is 5.35. The Labute approximate surface area is 164 Å². The average molecular weight is 392 g/mol. The van der Waals surface area contributed by atoms with Gasteiger partial charge in [0.2, 0.25) is 5.89 Å². The zero-order valence-corrected chi connectivity index (χ0v) is 16.3. The van der Waals surface area contributed by atoms with Gasteiger partial charge in [0, 0.05) is 26.2 Å². The highest BCUT2D eigenvalue weighted by atomic mass is 32.1. The molecule has 6 nitrogen and oxygen atoms in total. The quantitative estimate of drug-likeness (QED) is 0.730. The lowest BCUT2D eigenvalue weighted by molar-refractivity contribution is 0.191. The number of likely N-dealkylation sites (tertiary alicyclic amines) is 1. The number of piperidine rings is 1. The zero-order chi connectivity index (χ0) is 18.6. The number of halogens is 1. The van der Waals surface area contributed by atoms with E-state index >= 15 is 0 Å². The normalized spacial score (nSPS) is 19.5. The van der Waals surface area contributed by atoms with Gasteiger partial charge >= 0.3 is 0 Å². The van der Waals surface area contributed by atoms with Crippen molar-refractivity contribution in [1.82, 2.24) is 19.6 Å². The van der Waals surface area contributed by atoms with Crippen LogP contribution in [0.4, 0.5) is 10.1 Å². The van der Waals surface area contributed by atoms with Crippen molar-refractivity contribution in [1.29, 1.82) is 0 Å². The standard InChI is InChI=1S/C19H26FN5OS/c20-16-6-2-3-7-17(16)24-12-10-23(11-13-24)15-25-19(27)26-18(21-25)14-22-8-4-1-5-9-22/h2-3,6-7H,1,4-5,8-15H2. The predicted molar refractivity (Wildman–Crippen MR) is 105 cm³/mol. The van der Waals surface area contributed by atoms with E-state index in [0.717, 1.165) is 45.8 Å². The van der Waals surface area contributed by atoms with Crippen LogP contribution in [0.3, 0.4) is 0 Å². The van der Waals surface area contributed by atoms with Crippen LogP contribution in [0.2, 0.25) is 0 Å². The van der Waals surface area contributed by atoms with Gasteiger partial charge in [0.1, 0.15) is 5.82 Å². The number of nitrogens with zero attached hydrogens (tertiary/aromatic N) is 5. The first-order chi connectivity index (χ1) is 13.2. The Hall–Kier alpha value is -1.77. The number of rotatable bonds is 5. The maximum atomic E-state index is 14.0. The van der Waals surface area contributed by atoms with Crippen molar-refractivity contribution in [2.45, 2.75) is 32.5 Å². The molecule has 146 valence electrons. The Morgan fingerprint density at radius 3 is 2.44 bits per heavy atom. The van der Waals surface area contributed by atoms with Crippen molar-refractivity contribution in [2.24, 2.45) is 0 Å². The van der Waals surface area contributed by atoms with Gasteiger partial charge in [0.05, 0.1) is 18.9 Å². The molecule has 0 bridgehead atoms. The number of benzene rings is 1. The van der Waals surface area contributed by atoms with Crippen molar-refractivity contribution in [3.63, 3.8) is 0 Å². The van der Waals surface area contributed by atoms with Crippen LogP contribution >= 0.6 is 12.2 Å². The van der Waals surface area contributed by atoms with Gasteiger partial charge in [-0.1, -0.05) is 18.6 Å². The third-order valence-electron chi connectivity index (χ3n) is 5.36. The summed E-state index contributed by atoms with van der Waals surface area (Å²) in [5.74, 6) is 0.541. The van der Waals surface area contributed by atoms with E-state index in [0.29, 0.717) is 23.1 Å². The Morgan fingerprint density at radius 1 is 0.963 bits per heavy atom. The minimum atomic E-state index is -0.160. The van der Waals surface area contributed by atoms with E-state index in [9.17, 15) is 4.39 Å². The molecule has 0 amide bonds. The number of piperazine rings is 1. The second kappa shape index (κ2) is 8.50. The lowest BCUT2D eigenvalue weighted by Gasteiger charge is -2.35. The van der Waals surface area contributed by atoms with Gasteiger partial charge in [-0.05, 0) is 50.3 Å². The van der Waals surface area contributed by atoms with E-state index in [-0.39, 0.29) is 5.82 Å². The molecular weight excluding hydrogens is 365 g/mol. The van der Waals surface area contributed by atoms with Crippen LogP contribution in [-0.2, 0) is 13.2 Å². The summed E-state index contributed by atoms with van der Waals surface area (Å²) in [5.41, 5.74) is 0.680. The Morgan fingerprint density at radius 2 is 1.70 bits per heavy atom. The molecule has 2 aliphatic rings. The van der Waals surface area contributed by atoms with Crippen molar-refractivity contribution in [3.05, 3.63) is 40.8 Å². The molecule has 0 unspecified atom stereocenters.